The van der Waals surface area contributed by atoms with E-state index >= 15 is 0 Å². The molecule has 0 bridgehead atoms. The minimum Gasteiger partial charge on any atom is -0.305 e. The van der Waals surface area contributed by atoms with Crippen LogP contribution in [0.2, 0.25) is 0 Å². The fourth-order valence-corrected chi connectivity index (χ4v) is 1.35. The topological polar surface area (TPSA) is 54.9 Å². The van der Waals surface area contributed by atoms with Crippen LogP contribution in [0, 0.1) is 12.7 Å². The molecule has 5 heteroatoms. The molecule has 0 aliphatic rings. The minimum absolute atomic E-state index is 0.0127. The highest BCUT2D eigenvalue weighted by molar-refractivity contribution is 6.03. The number of nitrogens with zero attached hydrogens (tertiary/aromatic N) is 2. The molecule has 0 fully saturated rings. The van der Waals surface area contributed by atoms with E-state index in [0.717, 1.165) is 5.56 Å². The van der Waals surface area contributed by atoms with Gasteiger partial charge in [-0.25, -0.2) is 9.37 Å². The third-order valence-corrected chi connectivity index (χ3v) is 2.17. The number of amides is 1. The Morgan fingerprint density at radius 2 is 2.18 bits per heavy atom. The van der Waals surface area contributed by atoms with Gasteiger partial charge in [0.1, 0.15) is 5.82 Å². The van der Waals surface area contributed by atoms with Gasteiger partial charge in [-0.1, -0.05) is 6.07 Å². The van der Waals surface area contributed by atoms with Gasteiger partial charge in [-0.05, 0) is 24.6 Å². The summed E-state index contributed by atoms with van der Waals surface area (Å²) in [5.74, 6) is -0.799. The molecule has 0 spiro atoms. The number of carbonyl (C=O) groups excluding carboxylic acids is 1. The van der Waals surface area contributed by atoms with Crippen LogP contribution in [0.3, 0.4) is 0 Å². The van der Waals surface area contributed by atoms with Gasteiger partial charge >= 0.3 is 0 Å². The molecule has 2 rings (SSSR count). The van der Waals surface area contributed by atoms with Crippen LogP contribution in [-0.4, -0.2) is 15.9 Å². The summed E-state index contributed by atoms with van der Waals surface area (Å²) in [6.45, 7) is 1.76. The van der Waals surface area contributed by atoms with Crippen molar-refractivity contribution in [3.8, 4) is 0 Å². The Morgan fingerprint density at radius 1 is 1.35 bits per heavy atom. The molecule has 86 valence electrons. The van der Waals surface area contributed by atoms with Crippen LogP contribution in [0.4, 0.5) is 10.2 Å². The van der Waals surface area contributed by atoms with Gasteiger partial charge in [0.2, 0.25) is 0 Å². The van der Waals surface area contributed by atoms with Crippen molar-refractivity contribution in [2.45, 2.75) is 6.92 Å². The van der Waals surface area contributed by atoms with Crippen molar-refractivity contribution in [1.82, 2.24) is 9.97 Å². The van der Waals surface area contributed by atoms with Crippen molar-refractivity contribution < 1.29 is 9.18 Å². The Kier molecular flexibility index (Phi) is 3.09. The zero-order chi connectivity index (χ0) is 12.3. The Hall–Kier alpha value is -2.30. The van der Waals surface area contributed by atoms with E-state index in [1.54, 1.807) is 13.0 Å². The molecule has 1 aromatic heterocycles. The van der Waals surface area contributed by atoms with Gasteiger partial charge < -0.3 is 5.32 Å². The number of nitrogens with one attached hydrogen (secondary N) is 1. The normalized spacial score (nSPS) is 10.0. The summed E-state index contributed by atoms with van der Waals surface area (Å²) in [6, 6.07) is 4.43. The molecule has 4 nitrogen and oxygen atoms in total. The highest BCUT2D eigenvalue weighted by Gasteiger charge is 2.12. The highest BCUT2D eigenvalue weighted by atomic mass is 19.1. The first-order valence-electron chi connectivity index (χ1n) is 5.00. The molecule has 0 atom stereocenters. The van der Waals surface area contributed by atoms with Gasteiger partial charge in [0.15, 0.2) is 5.82 Å². The minimum atomic E-state index is -0.550. The second-order valence-corrected chi connectivity index (χ2v) is 3.53. The molecule has 0 saturated heterocycles. The quantitative estimate of drug-likeness (QED) is 0.861. The number of halogens is 1. The van der Waals surface area contributed by atoms with E-state index in [4.69, 9.17) is 0 Å². The molecule has 1 N–H and O–H groups in total. The SMILES string of the molecule is Cc1ccc(C(=O)Nc2cnccn2)c(F)c1. The molecule has 0 saturated carbocycles. The van der Waals surface area contributed by atoms with Crippen molar-refractivity contribution >= 4 is 11.7 Å². The molecule has 0 aliphatic heterocycles. The van der Waals surface area contributed by atoms with Crippen LogP contribution in [0.1, 0.15) is 15.9 Å². The van der Waals surface area contributed by atoms with Gasteiger partial charge in [-0.3, -0.25) is 9.78 Å². The van der Waals surface area contributed by atoms with Gasteiger partial charge in [-0.2, -0.15) is 0 Å². The lowest BCUT2D eigenvalue weighted by Crippen LogP contribution is -2.14. The summed E-state index contributed by atoms with van der Waals surface area (Å²) in [4.78, 5) is 19.4. The predicted octanol–water partition coefficient (Wildman–Crippen LogP) is 2.18. The molecular weight excluding hydrogens is 221 g/mol. The van der Waals surface area contributed by atoms with Gasteiger partial charge in [0.25, 0.3) is 5.91 Å². The smallest absolute Gasteiger partial charge is 0.259 e. The summed E-state index contributed by atoms with van der Waals surface area (Å²) in [5, 5.41) is 2.47. The standard InChI is InChI=1S/C12H10FN3O/c1-8-2-3-9(10(13)6-8)12(17)16-11-7-14-4-5-15-11/h2-7H,1H3,(H,15,16,17). The molecule has 0 aliphatic carbocycles. The fraction of sp³-hybridized carbons (Fsp3) is 0.0833. The van der Waals surface area contributed by atoms with E-state index < -0.39 is 11.7 Å². The first-order valence-corrected chi connectivity index (χ1v) is 5.00. The van der Waals surface area contributed by atoms with E-state index in [0.29, 0.717) is 0 Å². The Morgan fingerprint density at radius 3 is 2.82 bits per heavy atom. The lowest BCUT2D eigenvalue weighted by Gasteiger charge is -2.05. The van der Waals surface area contributed by atoms with Gasteiger partial charge in [0.05, 0.1) is 11.8 Å². The van der Waals surface area contributed by atoms with E-state index in [2.05, 4.69) is 15.3 Å². The van der Waals surface area contributed by atoms with Crippen molar-refractivity contribution in [1.29, 1.82) is 0 Å². The molecule has 2 aromatic rings. The van der Waals surface area contributed by atoms with Crippen LogP contribution in [0.25, 0.3) is 0 Å². The maximum absolute atomic E-state index is 13.5. The number of benzene rings is 1. The molecule has 1 aromatic carbocycles. The summed E-state index contributed by atoms with van der Waals surface area (Å²) < 4.78 is 13.5. The van der Waals surface area contributed by atoms with E-state index in [1.165, 1.54) is 30.7 Å². The van der Waals surface area contributed by atoms with Crippen LogP contribution in [-0.2, 0) is 0 Å². The third-order valence-electron chi connectivity index (χ3n) is 2.17. The summed E-state index contributed by atoms with van der Waals surface area (Å²) >= 11 is 0. The average molecular weight is 231 g/mol. The molecule has 0 unspecified atom stereocenters. The van der Waals surface area contributed by atoms with Crippen LogP contribution >= 0.6 is 0 Å². The number of carbonyl (C=O) groups is 1. The van der Waals surface area contributed by atoms with Crippen molar-refractivity contribution in [3.05, 3.63) is 53.7 Å². The first-order chi connectivity index (χ1) is 8.16. The zero-order valence-electron chi connectivity index (χ0n) is 9.14. The summed E-state index contributed by atoms with van der Waals surface area (Å²) in [6.07, 6.45) is 4.33. The number of aromatic nitrogens is 2. The maximum Gasteiger partial charge on any atom is 0.259 e. The van der Waals surface area contributed by atoms with Gasteiger partial charge in [-0.15, -0.1) is 0 Å². The second-order valence-electron chi connectivity index (χ2n) is 3.53. The molecule has 1 heterocycles. The third kappa shape index (κ3) is 2.63. The molecule has 0 radical (unpaired) electrons. The number of anilines is 1. The molecule has 17 heavy (non-hydrogen) atoms. The second kappa shape index (κ2) is 4.69. The van der Waals surface area contributed by atoms with Crippen molar-refractivity contribution in [2.75, 3.05) is 5.32 Å². The monoisotopic (exact) mass is 231 g/mol. The van der Waals surface area contributed by atoms with E-state index in [9.17, 15) is 9.18 Å². The fourth-order valence-electron chi connectivity index (χ4n) is 1.35. The number of aryl methyl sites for hydroxylation is 1. The van der Waals surface area contributed by atoms with Crippen molar-refractivity contribution in [2.24, 2.45) is 0 Å². The number of hydrogen-bond donors (Lipinski definition) is 1. The largest absolute Gasteiger partial charge is 0.305 e. The number of rotatable bonds is 2. The lowest BCUT2D eigenvalue weighted by molar-refractivity contribution is 0.102. The predicted molar refractivity (Wildman–Crippen MR) is 61.1 cm³/mol. The Labute approximate surface area is 97.5 Å². The van der Waals surface area contributed by atoms with Crippen molar-refractivity contribution in [3.63, 3.8) is 0 Å². The van der Waals surface area contributed by atoms with Crippen LogP contribution < -0.4 is 5.32 Å². The summed E-state index contributed by atoms with van der Waals surface area (Å²) in [5.41, 5.74) is 0.750. The molecular formula is C12H10FN3O. The zero-order valence-corrected chi connectivity index (χ0v) is 9.14. The molecule has 1 amide bonds. The summed E-state index contributed by atoms with van der Waals surface area (Å²) in [7, 11) is 0. The van der Waals surface area contributed by atoms with Crippen LogP contribution in [0.5, 0.6) is 0 Å². The Balaban J connectivity index is 2.21. The lowest BCUT2D eigenvalue weighted by atomic mass is 10.1. The van der Waals surface area contributed by atoms with Gasteiger partial charge in [0, 0.05) is 12.4 Å². The van der Waals surface area contributed by atoms with Crippen LogP contribution in [0.15, 0.2) is 36.8 Å². The number of hydrogen-bond acceptors (Lipinski definition) is 3. The Bertz CT molecular complexity index is 543. The average Bonchev–Trinajstić information content (AvgIpc) is 2.30. The first kappa shape index (κ1) is 11.2. The highest BCUT2D eigenvalue weighted by Crippen LogP contribution is 2.11. The maximum atomic E-state index is 13.5. The van der Waals surface area contributed by atoms with E-state index in [1.807, 2.05) is 0 Å². The van der Waals surface area contributed by atoms with E-state index in [-0.39, 0.29) is 11.4 Å².